The molecular formula is C28H34Cl2Zr. The Bertz CT molecular complexity index is 996. The SMILES string of the molecule is CC(C)(C)c1ccc2c(c1)[CH]([Zr+2]1([C]3=CC=CC3)[CH2][CH2]1)c1cc(C(C)(C)C)ccc1-2.[Cl-].[Cl-]. The summed E-state index contributed by atoms with van der Waals surface area (Å²) in [5, 5.41) is 0. The second-order valence-electron chi connectivity index (χ2n) is 11.5. The molecule has 1 fully saturated rings. The number of rotatable bonds is 2. The Morgan fingerprint density at radius 1 is 0.742 bits per heavy atom. The maximum Gasteiger partial charge on any atom is -1.00 e. The molecule has 31 heavy (non-hydrogen) atoms. The molecule has 0 aromatic heterocycles. The normalized spacial score (nSPS) is 17.5. The molecule has 2 aliphatic carbocycles. The summed E-state index contributed by atoms with van der Waals surface area (Å²) >= 11 is -2.37. The first-order chi connectivity index (χ1) is 13.6. The van der Waals surface area contributed by atoms with Gasteiger partial charge in [0.25, 0.3) is 0 Å². The van der Waals surface area contributed by atoms with Crippen molar-refractivity contribution < 1.29 is 45.1 Å². The molecule has 1 heterocycles. The van der Waals surface area contributed by atoms with E-state index in [1.807, 2.05) is 3.28 Å². The van der Waals surface area contributed by atoms with Crippen molar-refractivity contribution in [2.45, 2.75) is 70.7 Å². The first-order valence-electron chi connectivity index (χ1n) is 11.3. The van der Waals surface area contributed by atoms with Gasteiger partial charge >= 0.3 is 182 Å². The number of hydrogen-bond donors (Lipinski definition) is 0. The van der Waals surface area contributed by atoms with Crippen LogP contribution in [0.1, 0.15) is 73.8 Å². The summed E-state index contributed by atoms with van der Waals surface area (Å²) in [7, 11) is 0. The van der Waals surface area contributed by atoms with Crippen LogP contribution in [0.4, 0.5) is 0 Å². The first-order valence-corrected chi connectivity index (χ1v) is 17.4. The van der Waals surface area contributed by atoms with Crippen LogP contribution < -0.4 is 24.8 Å². The van der Waals surface area contributed by atoms with Gasteiger partial charge in [-0.3, -0.25) is 0 Å². The van der Waals surface area contributed by atoms with Crippen LogP contribution >= 0.6 is 0 Å². The fraction of sp³-hybridized carbons (Fsp3) is 0.429. The number of fused-ring (bicyclic) bond motifs is 3. The molecule has 0 atom stereocenters. The minimum Gasteiger partial charge on any atom is -1.00 e. The second-order valence-corrected chi connectivity index (χ2v) is 22.7. The monoisotopic (exact) mass is 530 g/mol. The molecule has 0 bridgehead atoms. The molecule has 1 saturated heterocycles. The van der Waals surface area contributed by atoms with Crippen LogP contribution in [0, 0.1) is 0 Å². The average molecular weight is 533 g/mol. The molecule has 2 aromatic carbocycles. The van der Waals surface area contributed by atoms with Crippen molar-refractivity contribution in [3.05, 3.63) is 80.2 Å². The van der Waals surface area contributed by atoms with E-state index in [0.717, 1.165) is 0 Å². The molecule has 0 N–H and O–H groups in total. The zero-order valence-electron chi connectivity index (χ0n) is 19.7. The maximum atomic E-state index is 2.59. The van der Waals surface area contributed by atoms with Crippen molar-refractivity contribution >= 4 is 0 Å². The molecule has 3 aliphatic rings. The summed E-state index contributed by atoms with van der Waals surface area (Å²) in [6.07, 6.45) is 8.44. The predicted molar refractivity (Wildman–Crippen MR) is 123 cm³/mol. The van der Waals surface area contributed by atoms with Crippen molar-refractivity contribution in [3.63, 3.8) is 0 Å². The van der Waals surface area contributed by atoms with E-state index in [0.29, 0.717) is 3.63 Å². The molecule has 0 radical (unpaired) electrons. The van der Waals surface area contributed by atoms with Gasteiger partial charge in [0.1, 0.15) is 0 Å². The summed E-state index contributed by atoms with van der Waals surface area (Å²) < 4.78 is 5.65. The van der Waals surface area contributed by atoms with Gasteiger partial charge in [-0.1, -0.05) is 0 Å². The molecule has 1 aliphatic heterocycles. The summed E-state index contributed by atoms with van der Waals surface area (Å²) in [6, 6.07) is 14.8. The molecule has 0 amide bonds. The number of halogens is 2. The minimum absolute atomic E-state index is 0. The second kappa shape index (κ2) is 8.31. The Labute approximate surface area is 205 Å². The number of hydrogen-bond acceptors (Lipinski definition) is 0. The first kappa shape index (κ1) is 25.0. The van der Waals surface area contributed by atoms with E-state index >= 15 is 0 Å². The molecule has 164 valence electrons. The average Bonchev–Trinajstić information content (AvgIpc) is 3.13. The Kier molecular flexibility index (Phi) is 6.70. The largest absolute Gasteiger partial charge is 1.00 e. The van der Waals surface area contributed by atoms with Crippen molar-refractivity contribution in [1.82, 2.24) is 0 Å². The quantitative estimate of drug-likeness (QED) is 0.557. The van der Waals surface area contributed by atoms with Crippen molar-refractivity contribution in [2.24, 2.45) is 0 Å². The van der Waals surface area contributed by atoms with Crippen molar-refractivity contribution in [1.29, 1.82) is 0 Å². The van der Waals surface area contributed by atoms with Crippen molar-refractivity contribution in [3.8, 4) is 11.1 Å². The van der Waals surface area contributed by atoms with Gasteiger partial charge in [-0.15, -0.1) is 0 Å². The van der Waals surface area contributed by atoms with Gasteiger partial charge < -0.3 is 24.8 Å². The van der Waals surface area contributed by atoms with E-state index in [9.17, 15) is 0 Å². The molecule has 0 unspecified atom stereocenters. The van der Waals surface area contributed by atoms with Gasteiger partial charge in [-0.25, -0.2) is 0 Å². The molecule has 3 heteroatoms. The van der Waals surface area contributed by atoms with E-state index in [4.69, 9.17) is 0 Å². The summed E-state index contributed by atoms with van der Waals surface area (Å²) in [4.78, 5) is 0. The molecule has 0 nitrogen and oxygen atoms in total. The number of allylic oxidation sites excluding steroid dienone is 4. The van der Waals surface area contributed by atoms with E-state index in [-0.39, 0.29) is 35.6 Å². The van der Waals surface area contributed by atoms with Crippen LogP contribution in [-0.4, -0.2) is 0 Å². The Hall–Kier alpha value is -0.617. The van der Waals surface area contributed by atoms with Crippen LogP contribution in [0.15, 0.2) is 57.9 Å². The van der Waals surface area contributed by atoms with E-state index < -0.39 is 20.3 Å². The third-order valence-electron chi connectivity index (χ3n) is 7.50. The molecule has 5 rings (SSSR count). The Balaban J connectivity index is 0.00000136. The molecule has 0 spiro atoms. The standard InChI is InChI=1S/C21H25.C5H5.C2H4.2ClH.Zr/c1-20(2,3)16-7-9-18-14(12-16)11-15-13-17(21(4,5)6)8-10-19(15)18;1-2-4-5-3-1;1-2;;;/h7-13H,1-6H3;1-3H,4H2;1-2H2;2*1H;/q;;;;;+2/p-2. The smallest absolute Gasteiger partial charge is 1.00 e. The molecular weight excluding hydrogens is 498 g/mol. The molecule has 0 saturated carbocycles. The van der Waals surface area contributed by atoms with E-state index in [2.05, 4.69) is 96.2 Å². The summed E-state index contributed by atoms with van der Waals surface area (Å²) in [6.45, 7) is 14.1. The minimum atomic E-state index is -2.37. The van der Waals surface area contributed by atoms with Crippen LogP contribution in [-0.2, 0) is 31.1 Å². The van der Waals surface area contributed by atoms with Crippen LogP contribution in [0.2, 0.25) is 8.26 Å². The van der Waals surface area contributed by atoms with Crippen LogP contribution in [0.5, 0.6) is 0 Å². The maximum absolute atomic E-state index is 2.59. The van der Waals surface area contributed by atoms with Gasteiger partial charge in [0.05, 0.1) is 0 Å². The van der Waals surface area contributed by atoms with E-state index in [1.54, 1.807) is 11.1 Å². The zero-order valence-corrected chi connectivity index (χ0v) is 23.6. The number of benzene rings is 2. The predicted octanol–water partition coefficient (Wildman–Crippen LogP) is 2.21. The van der Waals surface area contributed by atoms with Crippen molar-refractivity contribution in [2.75, 3.05) is 0 Å². The van der Waals surface area contributed by atoms with Crippen LogP contribution in [0.3, 0.4) is 0 Å². The van der Waals surface area contributed by atoms with Gasteiger partial charge in [0.15, 0.2) is 0 Å². The third-order valence-corrected chi connectivity index (χ3v) is 19.7. The van der Waals surface area contributed by atoms with Gasteiger partial charge in [-0.2, -0.15) is 0 Å². The topological polar surface area (TPSA) is 0 Å². The Morgan fingerprint density at radius 2 is 1.23 bits per heavy atom. The Morgan fingerprint density at radius 3 is 1.58 bits per heavy atom. The zero-order chi connectivity index (χ0) is 20.6. The third kappa shape index (κ3) is 4.09. The van der Waals surface area contributed by atoms with Crippen LogP contribution in [0.25, 0.3) is 11.1 Å². The van der Waals surface area contributed by atoms with Gasteiger partial charge in [0, 0.05) is 0 Å². The van der Waals surface area contributed by atoms with Gasteiger partial charge in [-0.05, 0) is 0 Å². The summed E-state index contributed by atoms with van der Waals surface area (Å²) in [5.41, 5.74) is 9.76. The van der Waals surface area contributed by atoms with E-state index in [1.165, 1.54) is 36.9 Å². The summed E-state index contributed by atoms with van der Waals surface area (Å²) in [5.74, 6) is 0. The fourth-order valence-electron chi connectivity index (χ4n) is 5.54. The molecule has 2 aromatic rings. The van der Waals surface area contributed by atoms with Gasteiger partial charge in [0.2, 0.25) is 0 Å². The fourth-order valence-corrected chi connectivity index (χ4v) is 20.5.